The molecular weight excluding hydrogens is 666 g/mol. The number of aliphatic hydroxyl groups is 2. The number of carbonyl (C=O) groups is 1. The highest BCUT2D eigenvalue weighted by molar-refractivity contribution is 6.03. The molecule has 0 spiro atoms. The van der Waals surface area contributed by atoms with Gasteiger partial charge in [0.1, 0.15) is 5.82 Å². The molecule has 2 aromatic carbocycles. The predicted molar refractivity (Wildman–Crippen MR) is 170 cm³/mol. The Morgan fingerprint density at radius 2 is 1.58 bits per heavy atom. The topological polar surface area (TPSA) is 89.4 Å². The van der Waals surface area contributed by atoms with Crippen LogP contribution in [-0.4, -0.2) is 84.6 Å². The van der Waals surface area contributed by atoms with Crippen LogP contribution in [0.1, 0.15) is 36.1 Å². The summed E-state index contributed by atoms with van der Waals surface area (Å²) in [7, 11) is 1.37. The summed E-state index contributed by atoms with van der Waals surface area (Å²) >= 11 is 0. The lowest BCUT2D eigenvalue weighted by Crippen LogP contribution is -2.63. The maximum atomic E-state index is 14.1. The van der Waals surface area contributed by atoms with E-state index in [1.165, 1.54) is 27.1 Å². The number of fused-ring (bicyclic) bond motifs is 1. The number of aliphatic hydroxyl groups excluding tert-OH is 2. The van der Waals surface area contributed by atoms with Crippen molar-refractivity contribution in [2.75, 3.05) is 56.3 Å². The average molecular weight is 703 g/mol. The molecule has 2 aliphatic rings. The van der Waals surface area contributed by atoms with E-state index in [0.29, 0.717) is 60.9 Å². The third kappa shape index (κ3) is 7.42. The Balaban J connectivity index is 0.00000520. The third-order valence-corrected chi connectivity index (χ3v) is 9.00. The van der Waals surface area contributed by atoms with Gasteiger partial charge in [-0.1, -0.05) is 24.3 Å². The first kappa shape index (κ1) is 37.4. The highest BCUT2D eigenvalue weighted by atomic mass is 35.5. The summed E-state index contributed by atoms with van der Waals surface area (Å²) in [5.74, 6) is -0.308. The van der Waals surface area contributed by atoms with E-state index in [9.17, 15) is 41.4 Å². The summed E-state index contributed by atoms with van der Waals surface area (Å²) < 4.78 is 87.7. The number of carbonyl (C=O) groups excluding carboxylic acids is 1. The van der Waals surface area contributed by atoms with Crippen LogP contribution in [0, 0.1) is 0 Å². The first-order chi connectivity index (χ1) is 22.1. The molecule has 0 saturated carbocycles. The van der Waals surface area contributed by atoms with Crippen molar-refractivity contribution in [3.63, 3.8) is 0 Å². The number of nitrogens with zero attached hydrogens (tertiary/aromatic N) is 4. The molecule has 48 heavy (non-hydrogen) atoms. The number of ether oxygens (including phenoxy) is 1. The van der Waals surface area contributed by atoms with Gasteiger partial charge in [0.15, 0.2) is 0 Å². The Bertz CT molecular complexity index is 1590. The molecule has 0 unspecified atom stereocenters. The molecule has 2 aliphatic heterocycles. The number of morpholine rings is 1. The van der Waals surface area contributed by atoms with Crippen LogP contribution in [0.2, 0.25) is 0 Å². The largest absolute Gasteiger partial charge is 0.416 e. The molecule has 2 N–H and O–H groups in total. The SMILES string of the molecule is CN(C(=O)C(C)(C)c1cc(C(F)(F)F)cc(C(F)(F)F)c1)c1cnc(N2C[C@H]3COCCN3C[C@H]2CO)cc1-c1ccccc1CO.Cl. The number of alkyl halides is 6. The maximum Gasteiger partial charge on any atom is 0.416 e. The number of anilines is 2. The van der Waals surface area contributed by atoms with E-state index in [1.54, 1.807) is 30.3 Å². The van der Waals surface area contributed by atoms with E-state index in [2.05, 4.69) is 9.88 Å². The van der Waals surface area contributed by atoms with Crippen LogP contribution < -0.4 is 9.80 Å². The Kier molecular flexibility index (Phi) is 11.1. The zero-order valence-corrected chi connectivity index (χ0v) is 27.3. The van der Waals surface area contributed by atoms with Gasteiger partial charge >= 0.3 is 12.4 Å². The first-order valence-corrected chi connectivity index (χ1v) is 15.0. The van der Waals surface area contributed by atoms with Gasteiger partial charge in [-0.2, -0.15) is 26.3 Å². The number of likely N-dealkylation sites (N-methyl/N-ethyl adjacent to an activating group) is 1. The number of amides is 1. The molecule has 3 heterocycles. The lowest BCUT2D eigenvalue weighted by Gasteiger charge is -2.48. The van der Waals surface area contributed by atoms with Crippen molar-refractivity contribution in [3.05, 3.63) is 77.0 Å². The Morgan fingerprint density at radius 1 is 0.958 bits per heavy atom. The molecule has 2 atom stereocenters. The summed E-state index contributed by atoms with van der Waals surface area (Å²) in [6.07, 6.45) is -8.74. The van der Waals surface area contributed by atoms with E-state index in [0.717, 1.165) is 11.4 Å². The van der Waals surface area contributed by atoms with Gasteiger partial charge in [-0.05, 0) is 54.8 Å². The standard InChI is InChI=1S/C33H36F6N4O4.ClH/c1-31(2,21-10-22(32(34,35)36)12-23(11-21)33(37,38)39)30(46)41(3)28-14-40-29(13-27(28)26-7-5-4-6-20(26)17-44)43-16-25-19-47-9-8-42(25)15-24(43)18-45;/h4-7,10-14,24-25,44-45H,8-9,15-19H2,1-3H3;1H/t24-,25-;/m0./s1. The smallest absolute Gasteiger partial charge is 0.394 e. The normalized spacial score (nSPS) is 19.0. The van der Waals surface area contributed by atoms with Crippen molar-refractivity contribution in [1.29, 1.82) is 0 Å². The van der Waals surface area contributed by atoms with E-state index >= 15 is 0 Å². The molecule has 2 saturated heterocycles. The molecule has 1 amide bonds. The van der Waals surface area contributed by atoms with Crippen LogP contribution in [-0.2, 0) is 33.9 Å². The van der Waals surface area contributed by atoms with Crippen LogP contribution in [0.25, 0.3) is 11.1 Å². The van der Waals surface area contributed by atoms with E-state index in [4.69, 9.17) is 4.74 Å². The van der Waals surface area contributed by atoms with Crippen molar-refractivity contribution in [2.24, 2.45) is 0 Å². The van der Waals surface area contributed by atoms with Gasteiger partial charge in [-0.3, -0.25) is 9.69 Å². The Morgan fingerprint density at radius 3 is 2.19 bits per heavy atom. The maximum absolute atomic E-state index is 14.1. The number of hydrogen-bond donors (Lipinski definition) is 2. The van der Waals surface area contributed by atoms with Gasteiger partial charge in [-0.25, -0.2) is 4.98 Å². The monoisotopic (exact) mass is 702 g/mol. The third-order valence-electron chi connectivity index (χ3n) is 9.00. The van der Waals surface area contributed by atoms with Gasteiger partial charge in [-0.15, -0.1) is 12.4 Å². The van der Waals surface area contributed by atoms with Gasteiger partial charge in [0, 0.05) is 32.2 Å². The van der Waals surface area contributed by atoms with Gasteiger partial charge < -0.3 is 24.7 Å². The number of benzene rings is 2. The predicted octanol–water partition coefficient (Wildman–Crippen LogP) is 5.52. The van der Waals surface area contributed by atoms with E-state index < -0.39 is 40.4 Å². The number of rotatable bonds is 7. The summed E-state index contributed by atoms with van der Waals surface area (Å²) in [6, 6.07) is 9.52. The zero-order valence-electron chi connectivity index (χ0n) is 26.5. The number of halogens is 7. The number of piperazine rings is 1. The fourth-order valence-corrected chi connectivity index (χ4v) is 6.25. The van der Waals surface area contributed by atoms with Crippen LogP contribution in [0.4, 0.5) is 37.8 Å². The minimum atomic E-state index is -5.08. The Hall–Kier alpha value is -3.43. The minimum absolute atomic E-state index is 0. The second-order valence-electron chi connectivity index (χ2n) is 12.4. The fraction of sp³-hybridized carbons (Fsp3) is 0.455. The minimum Gasteiger partial charge on any atom is -0.394 e. The van der Waals surface area contributed by atoms with Crippen LogP contribution in [0.5, 0.6) is 0 Å². The molecular formula is C33H37ClF6N4O4. The zero-order chi connectivity index (χ0) is 34.3. The highest BCUT2D eigenvalue weighted by Gasteiger charge is 2.42. The molecule has 15 heteroatoms. The Labute approximate surface area is 280 Å². The molecule has 5 rings (SSSR count). The molecule has 0 radical (unpaired) electrons. The van der Waals surface area contributed by atoms with Gasteiger partial charge in [0.2, 0.25) is 5.91 Å². The molecule has 2 fully saturated rings. The van der Waals surface area contributed by atoms with Gasteiger partial charge in [0.05, 0.1) is 66.9 Å². The van der Waals surface area contributed by atoms with Crippen molar-refractivity contribution in [2.45, 2.75) is 50.3 Å². The number of hydrogen-bond acceptors (Lipinski definition) is 7. The average Bonchev–Trinajstić information content (AvgIpc) is 3.05. The van der Waals surface area contributed by atoms with Crippen LogP contribution >= 0.6 is 12.4 Å². The van der Waals surface area contributed by atoms with Crippen molar-refractivity contribution < 1.29 is 46.1 Å². The molecule has 0 bridgehead atoms. The van der Waals surface area contributed by atoms with Crippen LogP contribution in [0.3, 0.4) is 0 Å². The molecule has 3 aromatic rings. The van der Waals surface area contributed by atoms with Crippen LogP contribution in [0.15, 0.2) is 54.7 Å². The first-order valence-electron chi connectivity index (χ1n) is 15.0. The lowest BCUT2D eigenvalue weighted by molar-refractivity contribution is -0.143. The summed E-state index contributed by atoms with van der Waals surface area (Å²) in [6.45, 7) is 4.93. The van der Waals surface area contributed by atoms with E-state index in [-0.39, 0.29) is 49.5 Å². The van der Waals surface area contributed by atoms with Crippen molar-refractivity contribution in [1.82, 2.24) is 9.88 Å². The summed E-state index contributed by atoms with van der Waals surface area (Å²) in [5.41, 5.74) is -3.61. The molecule has 0 aliphatic carbocycles. The molecule has 8 nitrogen and oxygen atoms in total. The van der Waals surface area contributed by atoms with E-state index in [1.807, 2.05) is 4.90 Å². The van der Waals surface area contributed by atoms with Crippen molar-refractivity contribution >= 4 is 29.8 Å². The summed E-state index contributed by atoms with van der Waals surface area (Å²) in [5, 5.41) is 20.4. The van der Waals surface area contributed by atoms with Crippen molar-refractivity contribution in [3.8, 4) is 11.1 Å². The lowest BCUT2D eigenvalue weighted by atomic mass is 9.81. The number of aromatic nitrogens is 1. The number of pyridine rings is 1. The van der Waals surface area contributed by atoms with Gasteiger partial charge in [0.25, 0.3) is 0 Å². The highest BCUT2D eigenvalue weighted by Crippen LogP contribution is 2.41. The quantitative estimate of drug-likeness (QED) is 0.314. The summed E-state index contributed by atoms with van der Waals surface area (Å²) in [4.78, 5) is 24.1. The molecule has 1 aromatic heterocycles. The second kappa shape index (κ2) is 14.2. The molecule has 262 valence electrons. The fourth-order valence-electron chi connectivity index (χ4n) is 6.25. The second-order valence-corrected chi connectivity index (χ2v) is 12.4.